The summed E-state index contributed by atoms with van der Waals surface area (Å²) in [6, 6.07) is 0. The molecule has 96 valence electrons. The molecule has 0 bridgehead atoms. The monoisotopic (exact) mass is 240 g/mol. The van der Waals surface area contributed by atoms with Crippen LogP contribution >= 0.6 is 0 Å². The zero-order chi connectivity index (χ0) is 12.5. The van der Waals surface area contributed by atoms with E-state index in [0.717, 1.165) is 31.8 Å². The maximum absolute atomic E-state index is 14.3. The van der Waals surface area contributed by atoms with Crippen molar-refractivity contribution < 1.29 is 9.18 Å². The quantitative estimate of drug-likeness (QED) is 0.697. The first-order chi connectivity index (χ1) is 8.02. The molecule has 0 saturated carbocycles. The zero-order valence-corrected chi connectivity index (χ0v) is 10.5. The van der Waals surface area contributed by atoms with Gasteiger partial charge in [-0.05, 0) is 37.9 Å². The molecule has 2 rings (SSSR count). The summed E-state index contributed by atoms with van der Waals surface area (Å²) >= 11 is 0. The van der Waals surface area contributed by atoms with Crippen molar-refractivity contribution in [3.8, 4) is 0 Å². The second-order valence-corrected chi connectivity index (χ2v) is 5.51. The third-order valence-corrected chi connectivity index (χ3v) is 3.82. The minimum atomic E-state index is -1.20. The SMILES string of the molecule is C=CC(=O)N1CC(F)(CN2CCC(C)CC2)C1. The molecule has 0 spiro atoms. The van der Waals surface area contributed by atoms with Gasteiger partial charge in [0.2, 0.25) is 5.91 Å². The van der Waals surface area contributed by atoms with Crippen molar-refractivity contribution >= 4 is 5.91 Å². The van der Waals surface area contributed by atoms with Crippen molar-refractivity contribution in [1.29, 1.82) is 0 Å². The highest BCUT2D eigenvalue weighted by atomic mass is 19.1. The van der Waals surface area contributed by atoms with Gasteiger partial charge in [0.1, 0.15) is 0 Å². The summed E-state index contributed by atoms with van der Waals surface area (Å²) in [7, 11) is 0. The van der Waals surface area contributed by atoms with Crippen LogP contribution in [0, 0.1) is 5.92 Å². The van der Waals surface area contributed by atoms with Gasteiger partial charge in [-0.15, -0.1) is 0 Å². The molecule has 1 amide bonds. The summed E-state index contributed by atoms with van der Waals surface area (Å²) in [5.74, 6) is 0.604. The molecule has 0 unspecified atom stereocenters. The van der Waals surface area contributed by atoms with Gasteiger partial charge in [0, 0.05) is 6.54 Å². The Morgan fingerprint density at radius 3 is 2.59 bits per heavy atom. The average Bonchev–Trinajstić information content (AvgIpc) is 2.28. The van der Waals surface area contributed by atoms with Gasteiger partial charge in [0.05, 0.1) is 13.1 Å². The number of hydrogen-bond acceptors (Lipinski definition) is 2. The number of alkyl halides is 1. The number of piperidine rings is 1. The highest BCUT2D eigenvalue weighted by Gasteiger charge is 2.46. The predicted molar refractivity (Wildman–Crippen MR) is 65.5 cm³/mol. The van der Waals surface area contributed by atoms with Crippen molar-refractivity contribution in [2.45, 2.75) is 25.4 Å². The van der Waals surface area contributed by atoms with E-state index < -0.39 is 5.67 Å². The second kappa shape index (κ2) is 4.77. The smallest absolute Gasteiger partial charge is 0.246 e. The van der Waals surface area contributed by atoms with Crippen LogP contribution < -0.4 is 0 Å². The summed E-state index contributed by atoms with van der Waals surface area (Å²) in [6.45, 7) is 8.56. The Hall–Kier alpha value is -0.900. The van der Waals surface area contributed by atoms with Crippen LogP contribution in [0.3, 0.4) is 0 Å². The molecule has 2 saturated heterocycles. The van der Waals surface area contributed by atoms with E-state index in [1.807, 2.05) is 0 Å². The van der Waals surface area contributed by atoms with Crippen LogP contribution in [-0.4, -0.2) is 54.1 Å². The molecule has 0 aromatic carbocycles. The van der Waals surface area contributed by atoms with Gasteiger partial charge in [0.25, 0.3) is 0 Å². The number of halogens is 1. The molecule has 0 aliphatic carbocycles. The topological polar surface area (TPSA) is 23.6 Å². The molecular weight excluding hydrogens is 219 g/mol. The summed E-state index contributed by atoms with van der Waals surface area (Å²) in [5.41, 5.74) is -1.20. The Bertz CT molecular complexity index is 305. The van der Waals surface area contributed by atoms with Crippen molar-refractivity contribution in [2.24, 2.45) is 5.92 Å². The molecule has 2 aliphatic heterocycles. The lowest BCUT2D eigenvalue weighted by Crippen LogP contribution is -2.65. The number of hydrogen-bond donors (Lipinski definition) is 0. The highest BCUT2D eigenvalue weighted by molar-refractivity contribution is 5.87. The molecule has 0 atom stereocenters. The van der Waals surface area contributed by atoms with E-state index >= 15 is 0 Å². The number of carbonyl (C=O) groups is 1. The Kier molecular flexibility index (Phi) is 3.52. The molecule has 17 heavy (non-hydrogen) atoms. The average molecular weight is 240 g/mol. The molecular formula is C13H21FN2O. The van der Waals surface area contributed by atoms with E-state index in [0.29, 0.717) is 6.54 Å². The van der Waals surface area contributed by atoms with Gasteiger partial charge in [-0.1, -0.05) is 13.5 Å². The lowest BCUT2D eigenvalue weighted by atomic mass is 9.92. The van der Waals surface area contributed by atoms with E-state index in [4.69, 9.17) is 0 Å². The molecule has 4 heteroatoms. The third kappa shape index (κ3) is 2.86. The standard InChI is InChI=1S/C13H21FN2O/c1-3-12(17)16-9-13(14,10-16)8-15-6-4-11(2)5-7-15/h3,11H,1,4-10H2,2H3. The van der Waals surface area contributed by atoms with Gasteiger partial charge < -0.3 is 4.90 Å². The molecule has 0 N–H and O–H groups in total. The summed E-state index contributed by atoms with van der Waals surface area (Å²) in [6.07, 6.45) is 3.57. The summed E-state index contributed by atoms with van der Waals surface area (Å²) in [5, 5.41) is 0. The van der Waals surface area contributed by atoms with Crippen LogP contribution in [0.1, 0.15) is 19.8 Å². The number of nitrogens with zero attached hydrogens (tertiary/aromatic N) is 2. The fraction of sp³-hybridized carbons (Fsp3) is 0.769. The fourth-order valence-electron chi connectivity index (χ4n) is 2.64. The minimum Gasteiger partial charge on any atom is -0.333 e. The molecule has 2 aliphatic rings. The van der Waals surface area contributed by atoms with Crippen molar-refractivity contribution in [1.82, 2.24) is 9.80 Å². The van der Waals surface area contributed by atoms with Gasteiger partial charge >= 0.3 is 0 Å². The Morgan fingerprint density at radius 1 is 1.47 bits per heavy atom. The van der Waals surface area contributed by atoms with Crippen LogP contribution in [0.2, 0.25) is 0 Å². The molecule has 2 heterocycles. The van der Waals surface area contributed by atoms with Crippen LogP contribution in [0.5, 0.6) is 0 Å². The van der Waals surface area contributed by atoms with Crippen molar-refractivity contribution in [2.75, 3.05) is 32.7 Å². The highest BCUT2D eigenvalue weighted by Crippen LogP contribution is 2.28. The number of carbonyl (C=O) groups excluding carboxylic acids is 1. The van der Waals surface area contributed by atoms with E-state index in [-0.39, 0.29) is 19.0 Å². The fourth-order valence-corrected chi connectivity index (χ4v) is 2.64. The summed E-state index contributed by atoms with van der Waals surface area (Å²) < 4.78 is 14.3. The van der Waals surface area contributed by atoms with Gasteiger partial charge in [-0.25, -0.2) is 4.39 Å². The minimum absolute atomic E-state index is 0.162. The molecule has 0 radical (unpaired) electrons. The van der Waals surface area contributed by atoms with Crippen LogP contribution in [0.15, 0.2) is 12.7 Å². The molecule has 0 aromatic heterocycles. The number of amides is 1. The lowest BCUT2D eigenvalue weighted by molar-refractivity contribution is -0.141. The van der Waals surface area contributed by atoms with E-state index in [1.165, 1.54) is 11.0 Å². The molecule has 3 nitrogen and oxygen atoms in total. The first-order valence-electron chi connectivity index (χ1n) is 6.35. The van der Waals surface area contributed by atoms with E-state index in [9.17, 15) is 9.18 Å². The predicted octanol–water partition coefficient (Wildman–Crippen LogP) is 1.45. The van der Waals surface area contributed by atoms with E-state index in [1.54, 1.807) is 0 Å². The maximum Gasteiger partial charge on any atom is 0.246 e. The van der Waals surface area contributed by atoms with Gasteiger partial charge in [-0.3, -0.25) is 9.69 Å². The maximum atomic E-state index is 14.3. The van der Waals surface area contributed by atoms with Crippen molar-refractivity contribution in [3.05, 3.63) is 12.7 Å². The number of likely N-dealkylation sites (tertiary alicyclic amines) is 2. The lowest BCUT2D eigenvalue weighted by Gasteiger charge is -2.47. The normalized spacial score (nSPS) is 25.4. The van der Waals surface area contributed by atoms with Crippen LogP contribution in [0.4, 0.5) is 4.39 Å². The molecule has 2 fully saturated rings. The largest absolute Gasteiger partial charge is 0.333 e. The van der Waals surface area contributed by atoms with Gasteiger partial charge in [-0.2, -0.15) is 0 Å². The van der Waals surface area contributed by atoms with Crippen molar-refractivity contribution in [3.63, 3.8) is 0 Å². The second-order valence-electron chi connectivity index (χ2n) is 5.51. The first-order valence-corrected chi connectivity index (χ1v) is 6.35. The van der Waals surface area contributed by atoms with Crippen LogP contribution in [-0.2, 0) is 4.79 Å². The Balaban J connectivity index is 1.77. The Morgan fingerprint density at radius 2 is 2.06 bits per heavy atom. The van der Waals surface area contributed by atoms with Crippen LogP contribution in [0.25, 0.3) is 0 Å². The third-order valence-electron chi connectivity index (χ3n) is 3.82. The number of rotatable bonds is 3. The van der Waals surface area contributed by atoms with E-state index in [2.05, 4.69) is 18.4 Å². The zero-order valence-electron chi connectivity index (χ0n) is 10.5. The summed E-state index contributed by atoms with van der Waals surface area (Å²) in [4.78, 5) is 14.9. The Labute approximate surface area is 102 Å². The first kappa shape index (κ1) is 12.6. The molecule has 0 aromatic rings. The van der Waals surface area contributed by atoms with Gasteiger partial charge in [0.15, 0.2) is 5.67 Å².